The summed E-state index contributed by atoms with van der Waals surface area (Å²) in [5.74, 6) is 1.56. The van der Waals surface area contributed by atoms with E-state index >= 15 is 0 Å². The summed E-state index contributed by atoms with van der Waals surface area (Å²) >= 11 is 0. The van der Waals surface area contributed by atoms with E-state index < -0.39 is 0 Å². The zero-order chi connectivity index (χ0) is 16.1. The number of ether oxygens (including phenoxy) is 1. The molecule has 0 saturated carbocycles. The molecule has 2 heterocycles. The lowest BCUT2D eigenvalue weighted by Crippen LogP contribution is -2.43. The Morgan fingerprint density at radius 1 is 1.26 bits per heavy atom. The second-order valence-corrected chi connectivity index (χ2v) is 5.51. The van der Waals surface area contributed by atoms with Gasteiger partial charge in [0.05, 0.1) is 7.11 Å². The normalized spacial score (nSPS) is 14.3. The van der Waals surface area contributed by atoms with Crippen LogP contribution in [0.5, 0.6) is 5.88 Å². The van der Waals surface area contributed by atoms with E-state index in [2.05, 4.69) is 44.5 Å². The third-order valence-electron chi connectivity index (χ3n) is 4.12. The average molecular weight is 310 g/mol. The summed E-state index contributed by atoms with van der Waals surface area (Å²) in [4.78, 5) is 10.9. The Morgan fingerprint density at radius 2 is 2.09 bits per heavy atom. The molecule has 0 unspecified atom stereocenters. The van der Waals surface area contributed by atoms with Crippen molar-refractivity contribution in [3.63, 3.8) is 0 Å². The second-order valence-electron chi connectivity index (χ2n) is 5.51. The number of nitrogens with one attached hydrogen (secondary N) is 1. The molecule has 0 amide bonds. The van der Waals surface area contributed by atoms with Crippen molar-refractivity contribution in [3.05, 3.63) is 59.3 Å². The Labute approximate surface area is 137 Å². The smallest absolute Gasteiger partial charge is 0.218 e. The largest absolute Gasteiger partial charge is 0.481 e. The first-order valence-electron chi connectivity index (χ1n) is 7.82. The van der Waals surface area contributed by atoms with Gasteiger partial charge in [-0.2, -0.15) is 0 Å². The SMILES string of the molecule is CN=C(NCc1cccnc1OC)N1CCc2ccccc2C1. The summed E-state index contributed by atoms with van der Waals surface area (Å²) < 4.78 is 5.30. The van der Waals surface area contributed by atoms with Crippen molar-refractivity contribution in [1.29, 1.82) is 0 Å². The van der Waals surface area contributed by atoms with E-state index in [9.17, 15) is 0 Å². The average Bonchev–Trinajstić information content (AvgIpc) is 2.62. The number of guanidine groups is 1. The summed E-state index contributed by atoms with van der Waals surface area (Å²) in [6.45, 7) is 2.50. The highest BCUT2D eigenvalue weighted by Crippen LogP contribution is 2.19. The Bertz CT molecular complexity index is 699. The maximum Gasteiger partial charge on any atom is 0.218 e. The molecule has 0 saturated heterocycles. The van der Waals surface area contributed by atoms with Crippen LogP contribution in [0.3, 0.4) is 0 Å². The van der Waals surface area contributed by atoms with Crippen LogP contribution in [0, 0.1) is 0 Å². The van der Waals surface area contributed by atoms with Gasteiger partial charge in [-0.3, -0.25) is 4.99 Å². The highest BCUT2D eigenvalue weighted by molar-refractivity contribution is 5.80. The highest BCUT2D eigenvalue weighted by Gasteiger charge is 2.18. The number of methoxy groups -OCH3 is 1. The van der Waals surface area contributed by atoms with Crippen LogP contribution in [0.2, 0.25) is 0 Å². The minimum Gasteiger partial charge on any atom is -0.481 e. The van der Waals surface area contributed by atoms with Crippen LogP contribution in [0.25, 0.3) is 0 Å². The number of benzene rings is 1. The summed E-state index contributed by atoms with van der Waals surface area (Å²) in [5.41, 5.74) is 3.84. The van der Waals surface area contributed by atoms with E-state index in [1.807, 2.05) is 19.2 Å². The lowest BCUT2D eigenvalue weighted by Gasteiger charge is -2.31. The van der Waals surface area contributed by atoms with E-state index in [0.717, 1.165) is 31.0 Å². The van der Waals surface area contributed by atoms with Gasteiger partial charge in [-0.05, 0) is 23.6 Å². The monoisotopic (exact) mass is 310 g/mol. The van der Waals surface area contributed by atoms with Crippen LogP contribution >= 0.6 is 0 Å². The molecule has 120 valence electrons. The van der Waals surface area contributed by atoms with Gasteiger partial charge in [0, 0.05) is 38.4 Å². The van der Waals surface area contributed by atoms with Crippen molar-refractivity contribution in [2.75, 3.05) is 20.7 Å². The van der Waals surface area contributed by atoms with Crippen LogP contribution in [0.4, 0.5) is 0 Å². The van der Waals surface area contributed by atoms with Gasteiger partial charge >= 0.3 is 0 Å². The molecular formula is C18H22N4O. The number of nitrogens with zero attached hydrogens (tertiary/aromatic N) is 3. The van der Waals surface area contributed by atoms with Gasteiger partial charge in [0.15, 0.2) is 5.96 Å². The van der Waals surface area contributed by atoms with E-state index in [0.29, 0.717) is 12.4 Å². The van der Waals surface area contributed by atoms with Crippen molar-refractivity contribution in [1.82, 2.24) is 15.2 Å². The van der Waals surface area contributed by atoms with Crippen molar-refractivity contribution < 1.29 is 4.74 Å². The van der Waals surface area contributed by atoms with Crippen molar-refractivity contribution >= 4 is 5.96 Å². The van der Waals surface area contributed by atoms with Crippen LogP contribution in [-0.2, 0) is 19.5 Å². The number of hydrogen-bond donors (Lipinski definition) is 1. The van der Waals surface area contributed by atoms with E-state index in [-0.39, 0.29) is 0 Å². The summed E-state index contributed by atoms with van der Waals surface area (Å²) in [7, 11) is 3.46. The molecule has 2 aromatic rings. The standard InChI is InChI=1S/C18H22N4O/c1-19-18(21-12-15-8-5-10-20-17(15)23-2)22-11-9-14-6-3-4-7-16(14)13-22/h3-8,10H,9,11-13H2,1-2H3,(H,19,21). The third kappa shape index (κ3) is 3.44. The van der Waals surface area contributed by atoms with Gasteiger partial charge in [0.2, 0.25) is 5.88 Å². The van der Waals surface area contributed by atoms with Gasteiger partial charge in [-0.1, -0.05) is 30.3 Å². The molecule has 3 rings (SSSR count). The topological polar surface area (TPSA) is 49.8 Å². The molecule has 0 spiro atoms. The fourth-order valence-corrected chi connectivity index (χ4v) is 2.93. The quantitative estimate of drug-likeness (QED) is 0.698. The maximum atomic E-state index is 5.30. The number of rotatable bonds is 3. The predicted molar refractivity (Wildman–Crippen MR) is 91.5 cm³/mol. The number of pyridine rings is 1. The fourth-order valence-electron chi connectivity index (χ4n) is 2.93. The van der Waals surface area contributed by atoms with Crippen molar-refractivity contribution in [3.8, 4) is 5.88 Å². The maximum absolute atomic E-state index is 5.30. The fraction of sp³-hybridized carbons (Fsp3) is 0.333. The molecule has 0 bridgehead atoms. The lowest BCUT2D eigenvalue weighted by molar-refractivity contribution is 0.375. The number of aromatic nitrogens is 1. The molecule has 1 aliphatic rings. The minimum absolute atomic E-state index is 0.641. The molecule has 0 radical (unpaired) electrons. The third-order valence-corrected chi connectivity index (χ3v) is 4.12. The molecule has 0 atom stereocenters. The van der Waals surface area contributed by atoms with Crippen LogP contribution in [0.15, 0.2) is 47.6 Å². The van der Waals surface area contributed by atoms with E-state index in [4.69, 9.17) is 4.74 Å². The molecule has 1 aliphatic heterocycles. The predicted octanol–water partition coefficient (Wildman–Crippen LogP) is 2.22. The first-order chi connectivity index (χ1) is 11.3. The van der Waals surface area contributed by atoms with Gasteiger partial charge < -0.3 is 15.0 Å². The minimum atomic E-state index is 0.641. The Hall–Kier alpha value is -2.56. The number of fused-ring (bicyclic) bond motifs is 1. The molecule has 1 N–H and O–H groups in total. The molecule has 5 heteroatoms. The van der Waals surface area contributed by atoms with Crippen LogP contribution in [0.1, 0.15) is 16.7 Å². The van der Waals surface area contributed by atoms with Crippen LogP contribution < -0.4 is 10.1 Å². The summed E-state index contributed by atoms with van der Waals surface area (Å²) in [6, 6.07) is 12.5. The van der Waals surface area contributed by atoms with Crippen molar-refractivity contribution in [2.24, 2.45) is 4.99 Å². The number of hydrogen-bond acceptors (Lipinski definition) is 3. The first kappa shape index (κ1) is 15.3. The molecule has 1 aromatic carbocycles. The van der Waals surface area contributed by atoms with Gasteiger partial charge in [0.1, 0.15) is 0 Å². The molecule has 0 fully saturated rings. The Balaban J connectivity index is 1.67. The highest BCUT2D eigenvalue weighted by atomic mass is 16.5. The molecule has 0 aliphatic carbocycles. The first-order valence-corrected chi connectivity index (χ1v) is 7.82. The molecular weight excluding hydrogens is 288 g/mol. The van der Waals surface area contributed by atoms with E-state index in [1.165, 1.54) is 11.1 Å². The van der Waals surface area contributed by atoms with Crippen LogP contribution in [-0.4, -0.2) is 36.5 Å². The number of aliphatic imine (C=N–C) groups is 1. The molecule has 5 nitrogen and oxygen atoms in total. The molecule has 23 heavy (non-hydrogen) atoms. The lowest BCUT2D eigenvalue weighted by atomic mass is 10.0. The Kier molecular flexibility index (Phi) is 4.76. The van der Waals surface area contributed by atoms with E-state index in [1.54, 1.807) is 13.3 Å². The van der Waals surface area contributed by atoms with Gasteiger partial charge in [-0.25, -0.2) is 4.98 Å². The summed E-state index contributed by atoms with van der Waals surface area (Å²) in [5, 5.41) is 3.42. The zero-order valence-corrected chi connectivity index (χ0v) is 13.6. The summed E-state index contributed by atoms with van der Waals surface area (Å²) in [6.07, 6.45) is 2.78. The van der Waals surface area contributed by atoms with Crippen molar-refractivity contribution in [2.45, 2.75) is 19.5 Å². The Morgan fingerprint density at radius 3 is 2.87 bits per heavy atom. The zero-order valence-electron chi connectivity index (χ0n) is 13.6. The van der Waals surface area contributed by atoms with Gasteiger partial charge in [0.25, 0.3) is 0 Å². The van der Waals surface area contributed by atoms with Gasteiger partial charge in [-0.15, -0.1) is 0 Å². The molecule has 1 aromatic heterocycles. The second kappa shape index (κ2) is 7.13.